The van der Waals surface area contributed by atoms with E-state index in [4.69, 9.17) is 4.74 Å². The molecule has 0 N–H and O–H groups in total. The number of nitro groups is 2. The highest BCUT2D eigenvalue weighted by molar-refractivity contribution is 5.56. The highest BCUT2D eigenvalue weighted by Crippen LogP contribution is 2.39. The third kappa shape index (κ3) is 2.93. The number of halogens is 2. The van der Waals surface area contributed by atoms with Gasteiger partial charge in [0.1, 0.15) is 0 Å². The number of nitrogens with zero attached hydrogens (tertiary/aromatic N) is 2. The van der Waals surface area contributed by atoms with Crippen LogP contribution in [0.15, 0.2) is 24.3 Å². The Morgan fingerprint density at radius 2 is 1.17 bits per heavy atom. The van der Waals surface area contributed by atoms with Gasteiger partial charge < -0.3 is 4.74 Å². The predicted molar refractivity (Wildman–Crippen MR) is 75.7 cm³/mol. The minimum absolute atomic E-state index is 0.00800. The summed E-state index contributed by atoms with van der Waals surface area (Å²) < 4.78 is 32.8. The van der Waals surface area contributed by atoms with Gasteiger partial charge in [-0.15, -0.1) is 0 Å². The molecule has 0 heterocycles. The highest BCUT2D eigenvalue weighted by atomic mass is 19.1. The number of hydrogen-bond acceptors (Lipinski definition) is 5. The number of ether oxygens (including phenoxy) is 1. The molecule has 2 aromatic carbocycles. The maximum Gasteiger partial charge on any atom is 0.347 e. The summed E-state index contributed by atoms with van der Waals surface area (Å²) in [7, 11) is 0. The first-order valence-electron chi connectivity index (χ1n) is 6.29. The molecule has 120 valence electrons. The number of aryl methyl sites for hydroxylation is 2. The fourth-order valence-corrected chi connectivity index (χ4v) is 1.92. The summed E-state index contributed by atoms with van der Waals surface area (Å²) in [4.78, 5) is 20.0. The minimum Gasteiger partial charge on any atom is -0.443 e. The molecule has 0 aliphatic rings. The molecule has 0 amide bonds. The number of rotatable bonds is 4. The van der Waals surface area contributed by atoms with Crippen molar-refractivity contribution in [1.29, 1.82) is 0 Å². The van der Waals surface area contributed by atoms with Crippen LogP contribution in [0.3, 0.4) is 0 Å². The molecule has 2 aromatic rings. The zero-order chi connectivity index (χ0) is 17.3. The molecule has 9 heteroatoms. The first-order chi connectivity index (χ1) is 10.7. The lowest BCUT2D eigenvalue weighted by atomic mass is 10.1. The Balaban J connectivity index is 2.61. The van der Waals surface area contributed by atoms with Crippen molar-refractivity contribution in [3.05, 3.63) is 67.3 Å². The van der Waals surface area contributed by atoms with E-state index in [0.717, 1.165) is 12.1 Å². The lowest BCUT2D eigenvalue weighted by molar-refractivity contribution is -0.390. The molecule has 0 fully saturated rings. The quantitative estimate of drug-likeness (QED) is 0.620. The summed E-state index contributed by atoms with van der Waals surface area (Å²) in [6, 6.07) is 4.62. The van der Waals surface area contributed by atoms with Crippen molar-refractivity contribution in [1.82, 2.24) is 0 Å². The smallest absolute Gasteiger partial charge is 0.347 e. The second-order valence-corrected chi connectivity index (χ2v) is 4.70. The number of benzene rings is 2. The van der Waals surface area contributed by atoms with E-state index in [9.17, 15) is 29.0 Å². The van der Waals surface area contributed by atoms with Gasteiger partial charge in [0.25, 0.3) is 0 Å². The van der Waals surface area contributed by atoms with E-state index >= 15 is 0 Å². The first kappa shape index (κ1) is 16.3. The van der Waals surface area contributed by atoms with Crippen molar-refractivity contribution in [2.24, 2.45) is 0 Å². The molecule has 0 aliphatic heterocycles. The van der Waals surface area contributed by atoms with Crippen LogP contribution >= 0.6 is 0 Å². The van der Waals surface area contributed by atoms with Gasteiger partial charge in [0, 0.05) is 0 Å². The monoisotopic (exact) mass is 324 g/mol. The van der Waals surface area contributed by atoms with E-state index in [1.165, 1.54) is 26.0 Å². The lowest BCUT2D eigenvalue weighted by Crippen LogP contribution is -2.02. The molecule has 0 radical (unpaired) electrons. The molecule has 23 heavy (non-hydrogen) atoms. The SMILES string of the molecule is Cc1ccc(Oc2ccc(C)c(F)c2[N+](=O)[O-])c([N+](=O)[O-])c1F. The van der Waals surface area contributed by atoms with Crippen molar-refractivity contribution in [3.63, 3.8) is 0 Å². The van der Waals surface area contributed by atoms with E-state index in [1.807, 2.05) is 0 Å². The molecule has 0 bridgehead atoms. The molecule has 0 aromatic heterocycles. The second kappa shape index (κ2) is 5.95. The van der Waals surface area contributed by atoms with Crippen molar-refractivity contribution in [3.8, 4) is 11.5 Å². The van der Waals surface area contributed by atoms with E-state index in [0.29, 0.717) is 0 Å². The van der Waals surface area contributed by atoms with Crippen molar-refractivity contribution >= 4 is 11.4 Å². The van der Waals surface area contributed by atoms with Crippen LogP contribution in [0.1, 0.15) is 11.1 Å². The van der Waals surface area contributed by atoms with Crippen LogP contribution in [0.5, 0.6) is 11.5 Å². The Kier molecular flexibility index (Phi) is 4.21. The molecule has 0 unspecified atom stereocenters. The Morgan fingerprint density at radius 3 is 1.48 bits per heavy atom. The van der Waals surface area contributed by atoms with Gasteiger partial charge in [0.2, 0.25) is 23.1 Å². The second-order valence-electron chi connectivity index (χ2n) is 4.70. The van der Waals surface area contributed by atoms with Crippen molar-refractivity contribution in [2.45, 2.75) is 13.8 Å². The Morgan fingerprint density at radius 1 is 0.826 bits per heavy atom. The van der Waals surface area contributed by atoms with Crippen LogP contribution < -0.4 is 4.74 Å². The molecule has 7 nitrogen and oxygen atoms in total. The summed E-state index contributed by atoms with van der Waals surface area (Å²) in [5.74, 6) is -3.35. The lowest BCUT2D eigenvalue weighted by Gasteiger charge is -2.09. The fraction of sp³-hybridized carbons (Fsp3) is 0.143. The van der Waals surface area contributed by atoms with Gasteiger partial charge in [-0.05, 0) is 37.1 Å². The van der Waals surface area contributed by atoms with Crippen LogP contribution in [0.25, 0.3) is 0 Å². The van der Waals surface area contributed by atoms with Crippen molar-refractivity contribution < 1.29 is 23.4 Å². The Labute approximate surface area is 128 Å². The van der Waals surface area contributed by atoms with Crippen LogP contribution in [-0.2, 0) is 0 Å². The maximum atomic E-state index is 13.9. The minimum atomic E-state index is -1.12. The third-order valence-corrected chi connectivity index (χ3v) is 3.13. The zero-order valence-corrected chi connectivity index (χ0v) is 12.0. The molecule has 0 atom stereocenters. The van der Waals surface area contributed by atoms with E-state index in [2.05, 4.69) is 0 Å². The third-order valence-electron chi connectivity index (χ3n) is 3.13. The van der Waals surface area contributed by atoms with Gasteiger partial charge >= 0.3 is 11.4 Å². The highest BCUT2D eigenvalue weighted by Gasteiger charge is 2.28. The molecular formula is C14H10F2N2O5. The van der Waals surface area contributed by atoms with E-state index in [1.54, 1.807) is 0 Å². The van der Waals surface area contributed by atoms with Crippen LogP contribution in [0.4, 0.5) is 20.2 Å². The standard InChI is InChI=1S/C14H10F2N2O5/c1-7-3-5-9(13(11(7)15)17(19)20)23-10-6-4-8(2)12(16)14(10)18(21)22/h3-6H,1-2H3. The summed E-state index contributed by atoms with van der Waals surface area (Å²) in [5.41, 5.74) is -1.93. The summed E-state index contributed by atoms with van der Waals surface area (Å²) >= 11 is 0. The first-order valence-corrected chi connectivity index (χ1v) is 6.29. The van der Waals surface area contributed by atoms with E-state index < -0.39 is 44.4 Å². The fourth-order valence-electron chi connectivity index (χ4n) is 1.92. The van der Waals surface area contributed by atoms with Gasteiger partial charge in [-0.3, -0.25) is 20.2 Å². The Hall–Kier alpha value is -3.10. The van der Waals surface area contributed by atoms with Crippen LogP contribution in [-0.4, -0.2) is 9.85 Å². The van der Waals surface area contributed by atoms with Crippen LogP contribution in [0.2, 0.25) is 0 Å². The van der Waals surface area contributed by atoms with Gasteiger partial charge in [-0.2, -0.15) is 8.78 Å². The van der Waals surface area contributed by atoms with E-state index in [-0.39, 0.29) is 11.1 Å². The topological polar surface area (TPSA) is 95.5 Å². The normalized spacial score (nSPS) is 10.4. The summed E-state index contributed by atoms with van der Waals surface area (Å²) in [6.07, 6.45) is 0. The zero-order valence-electron chi connectivity index (χ0n) is 12.0. The van der Waals surface area contributed by atoms with Gasteiger partial charge in [0.05, 0.1) is 9.85 Å². The maximum absolute atomic E-state index is 13.9. The molecule has 0 aliphatic carbocycles. The number of nitro benzene ring substituents is 2. The predicted octanol–water partition coefficient (Wildman–Crippen LogP) is 4.19. The van der Waals surface area contributed by atoms with Gasteiger partial charge in [-0.25, -0.2) is 0 Å². The van der Waals surface area contributed by atoms with Crippen LogP contribution in [0, 0.1) is 45.7 Å². The van der Waals surface area contributed by atoms with Gasteiger partial charge in [0.15, 0.2) is 0 Å². The molecule has 0 saturated heterocycles. The van der Waals surface area contributed by atoms with Crippen molar-refractivity contribution in [2.75, 3.05) is 0 Å². The average molecular weight is 324 g/mol. The summed E-state index contributed by atoms with van der Waals surface area (Å²) in [6.45, 7) is 2.64. The average Bonchev–Trinajstić information content (AvgIpc) is 2.46. The molecule has 2 rings (SSSR count). The Bertz CT molecular complexity index is 756. The van der Waals surface area contributed by atoms with Gasteiger partial charge in [-0.1, -0.05) is 12.1 Å². The summed E-state index contributed by atoms with van der Waals surface area (Å²) in [5, 5.41) is 22.0. The number of hydrogen-bond donors (Lipinski definition) is 0. The largest absolute Gasteiger partial charge is 0.443 e. The molecule has 0 saturated carbocycles. The molecule has 0 spiro atoms. The molecular weight excluding hydrogens is 314 g/mol.